The van der Waals surface area contributed by atoms with Gasteiger partial charge in [0, 0.05) is 17.3 Å². The number of amides is 1. The highest BCUT2D eigenvalue weighted by atomic mass is 32.1. The highest BCUT2D eigenvalue weighted by Gasteiger charge is 2.34. The summed E-state index contributed by atoms with van der Waals surface area (Å²) < 4.78 is 25.1. The maximum absolute atomic E-state index is 14.3. The number of nitrogens with zero attached hydrogens (tertiary/aromatic N) is 2. The summed E-state index contributed by atoms with van der Waals surface area (Å²) in [6.07, 6.45) is 1.80. The molecule has 0 saturated carbocycles. The first-order valence-corrected chi connectivity index (χ1v) is 16.9. The van der Waals surface area contributed by atoms with E-state index in [0.29, 0.717) is 61.5 Å². The Morgan fingerprint density at radius 1 is 0.860 bits per heavy atom. The number of para-hydroxylation sites is 1. The van der Waals surface area contributed by atoms with E-state index in [1.165, 1.54) is 28.0 Å². The molecule has 0 bridgehead atoms. The summed E-state index contributed by atoms with van der Waals surface area (Å²) in [5, 5.41) is 2.98. The minimum Gasteiger partial charge on any atom is -0.497 e. The van der Waals surface area contributed by atoms with E-state index in [1.807, 2.05) is 42.5 Å². The molecule has 1 atom stereocenters. The van der Waals surface area contributed by atoms with Gasteiger partial charge in [-0.15, -0.1) is 0 Å². The summed E-state index contributed by atoms with van der Waals surface area (Å²) in [7, 11) is 4.71. The van der Waals surface area contributed by atoms with Crippen molar-refractivity contribution in [2.24, 2.45) is 4.99 Å². The molecule has 0 unspecified atom stereocenters. The summed E-state index contributed by atoms with van der Waals surface area (Å²) in [4.78, 5) is 33.5. The van der Waals surface area contributed by atoms with Gasteiger partial charge in [-0.3, -0.25) is 14.2 Å². The third kappa shape index (κ3) is 6.79. The van der Waals surface area contributed by atoms with Crippen LogP contribution in [0.5, 0.6) is 23.0 Å². The molecular weight excluding hydrogens is 651 g/mol. The van der Waals surface area contributed by atoms with Crippen LogP contribution in [-0.4, -0.2) is 31.8 Å². The smallest absolute Gasteiger partial charge is 0.271 e. The second-order valence-corrected chi connectivity index (χ2v) is 13.1. The van der Waals surface area contributed by atoms with Gasteiger partial charge in [0.15, 0.2) is 16.3 Å². The third-order valence-corrected chi connectivity index (χ3v) is 9.71. The molecular formula is C40H39N3O6S. The number of nitrogens with one attached hydrogen (secondary N) is 1. The molecule has 1 aliphatic rings. The lowest BCUT2D eigenvalue weighted by Crippen LogP contribution is -2.40. The summed E-state index contributed by atoms with van der Waals surface area (Å²) in [5.41, 5.74) is 7.24. The van der Waals surface area contributed by atoms with Crippen molar-refractivity contribution in [3.05, 3.63) is 143 Å². The van der Waals surface area contributed by atoms with Gasteiger partial charge >= 0.3 is 0 Å². The number of rotatable bonds is 10. The summed E-state index contributed by atoms with van der Waals surface area (Å²) in [6.45, 7) is 8.45. The fraction of sp³-hybridized carbons (Fsp3) is 0.225. The number of hydrogen-bond acceptors (Lipinski definition) is 8. The molecule has 1 aliphatic heterocycles. The summed E-state index contributed by atoms with van der Waals surface area (Å²) in [6, 6.07) is 23.6. The molecule has 0 radical (unpaired) electrons. The Morgan fingerprint density at radius 3 is 2.26 bits per heavy atom. The number of hydrogen-bond donors (Lipinski definition) is 1. The number of aryl methyl sites for hydroxylation is 3. The lowest BCUT2D eigenvalue weighted by atomic mass is 9.94. The van der Waals surface area contributed by atoms with Crippen molar-refractivity contribution in [3.63, 3.8) is 0 Å². The van der Waals surface area contributed by atoms with Crippen molar-refractivity contribution >= 4 is 29.0 Å². The third-order valence-electron chi connectivity index (χ3n) is 8.73. The fourth-order valence-electron chi connectivity index (χ4n) is 6.30. The van der Waals surface area contributed by atoms with E-state index in [1.54, 1.807) is 63.2 Å². The van der Waals surface area contributed by atoms with E-state index < -0.39 is 6.04 Å². The minimum absolute atomic E-state index is 0.293. The Morgan fingerprint density at radius 2 is 1.58 bits per heavy atom. The number of allylic oxidation sites excluding steroid dienone is 1. The van der Waals surface area contributed by atoms with Crippen LogP contribution < -0.4 is 39.2 Å². The molecule has 0 saturated heterocycles. The monoisotopic (exact) mass is 689 g/mol. The number of ether oxygens (including phenoxy) is 4. The molecule has 0 aliphatic carbocycles. The molecule has 6 rings (SSSR count). The van der Waals surface area contributed by atoms with E-state index in [9.17, 15) is 9.59 Å². The molecule has 5 aromatic rings. The molecule has 1 aromatic heterocycles. The predicted molar refractivity (Wildman–Crippen MR) is 196 cm³/mol. The van der Waals surface area contributed by atoms with Gasteiger partial charge < -0.3 is 24.3 Å². The number of aromatic nitrogens is 1. The maximum atomic E-state index is 14.3. The molecule has 1 amide bonds. The predicted octanol–water partition coefficient (Wildman–Crippen LogP) is 6.40. The largest absolute Gasteiger partial charge is 0.497 e. The quantitative estimate of drug-likeness (QED) is 0.182. The van der Waals surface area contributed by atoms with E-state index in [0.717, 1.165) is 11.1 Å². The van der Waals surface area contributed by atoms with E-state index >= 15 is 0 Å². The van der Waals surface area contributed by atoms with Gasteiger partial charge in [-0.25, -0.2) is 4.99 Å². The zero-order valence-corrected chi connectivity index (χ0v) is 29.9. The van der Waals surface area contributed by atoms with Gasteiger partial charge in [0.05, 0.1) is 37.1 Å². The minimum atomic E-state index is -0.822. The molecule has 0 spiro atoms. The van der Waals surface area contributed by atoms with Crippen LogP contribution in [-0.2, 0) is 11.4 Å². The van der Waals surface area contributed by atoms with Crippen molar-refractivity contribution < 1.29 is 23.7 Å². The molecule has 2 heterocycles. The van der Waals surface area contributed by atoms with Gasteiger partial charge in [-0.1, -0.05) is 53.3 Å². The van der Waals surface area contributed by atoms with E-state index in [4.69, 9.17) is 23.9 Å². The van der Waals surface area contributed by atoms with Gasteiger partial charge in [0.2, 0.25) is 0 Å². The van der Waals surface area contributed by atoms with E-state index in [2.05, 4.69) is 38.2 Å². The number of methoxy groups -OCH3 is 3. The summed E-state index contributed by atoms with van der Waals surface area (Å²) >= 11 is 1.25. The molecule has 9 nitrogen and oxygen atoms in total. The van der Waals surface area contributed by atoms with Crippen LogP contribution in [0, 0.1) is 20.8 Å². The van der Waals surface area contributed by atoms with Gasteiger partial charge in [0.25, 0.3) is 11.5 Å². The Hall–Kier alpha value is -5.61. The van der Waals surface area contributed by atoms with Crippen molar-refractivity contribution in [1.82, 2.24) is 4.57 Å². The Balaban J connectivity index is 1.41. The number of carbonyl (C=O) groups excluding carboxylic acids is 1. The first-order valence-electron chi connectivity index (χ1n) is 16.1. The van der Waals surface area contributed by atoms with Crippen LogP contribution in [0.25, 0.3) is 6.08 Å². The highest BCUT2D eigenvalue weighted by Crippen LogP contribution is 2.38. The van der Waals surface area contributed by atoms with Gasteiger partial charge in [-0.05, 0) is 92.4 Å². The van der Waals surface area contributed by atoms with Crippen LogP contribution in [0.1, 0.15) is 46.3 Å². The number of carbonyl (C=O) groups is 1. The first-order chi connectivity index (χ1) is 24.1. The zero-order valence-electron chi connectivity index (χ0n) is 29.1. The normalized spacial score (nSPS) is 14.1. The Labute approximate surface area is 294 Å². The molecule has 4 aromatic carbocycles. The Kier molecular flexibility index (Phi) is 9.92. The second kappa shape index (κ2) is 14.5. The molecule has 256 valence electrons. The average molecular weight is 690 g/mol. The average Bonchev–Trinajstić information content (AvgIpc) is 3.41. The van der Waals surface area contributed by atoms with Crippen LogP contribution >= 0.6 is 11.3 Å². The topological polar surface area (TPSA) is 100 Å². The van der Waals surface area contributed by atoms with Crippen molar-refractivity contribution in [3.8, 4) is 23.0 Å². The SMILES string of the molecule is COc1ccc([C@@H]2C(C(=O)Nc3ccccc3)=C(C)N=c3s/c(=C\c4ccc(OCc5c(C)cc(C)cc5C)c(OC)c4)c(=O)n32)c(OC)c1. The van der Waals surface area contributed by atoms with E-state index in [-0.39, 0.29) is 11.5 Å². The van der Waals surface area contributed by atoms with Crippen molar-refractivity contribution in [2.45, 2.75) is 40.3 Å². The molecule has 50 heavy (non-hydrogen) atoms. The van der Waals surface area contributed by atoms with Crippen LogP contribution in [0.2, 0.25) is 0 Å². The van der Waals surface area contributed by atoms with Crippen LogP contribution in [0.3, 0.4) is 0 Å². The maximum Gasteiger partial charge on any atom is 0.271 e. The van der Waals surface area contributed by atoms with Gasteiger partial charge in [-0.2, -0.15) is 0 Å². The lowest BCUT2D eigenvalue weighted by Gasteiger charge is -2.26. The summed E-state index contributed by atoms with van der Waals surface area (Å²) in [5.74, 6) is 1.83. The Bertz CT molecular complexity index is 2280. The standard InChI is InChI=1S/C40H39N3O6S/c1-23-17-24(2)31(25(3)18-23)22-49-32-16-13-27(19-34(32)48-7)20-35-39(45)43-37(30-15-14-29(46-5)21-33(30)47-6)36(26(4)41-40(43)50-35)38(44)42-28-11-9-8-10-12-28/h8-21,37H,22H2,1-7H3,(H,42,44)/b35-20-/t37-/m1/s1. The van der Waals surface area contributed by atoms with Crippen molar-refractivity contribution in [1.29, 1.82) is 0 Å². The number of fused-ring (bicyclic) bond motifs is 1. The number of thiazole rings is 1. The fourth-order valence-corrected chi connectivity index (χ4v) is 7.35. The van der Waals surface area contributed by atoms with Crippen LogP contribution in [0.15, 0.2) is 99.9 Å². The number of benzene rings is 4. The molecule has 10 heteroatoms. The van der Waals surface area contributed by atoms with Crippen LogP contribution in [0.4, 0.5) is 5.69 Å². The second-order valence-electron chi connectivity index (χ2n) is 12.1. The van der Waals surface area contributed by atoms with Crippen molar-refractivity contribution in [2.75, 3.05) is 26.6 Å². The molecule has 1 N–H and O–H groups in total. The zero-order chi connectivity index (χ0) is 35.5. The molecule has 0 fully saturated rings. The van der Waals surface area contributed by atoms with Gasteiger partial charge in [0.1, 0.15) is 24.1 Å². The highest BCUT2D eigenvalue weighted by molar-refractivity contribution is 7.07. The first kappa shape index (κ1) is 34.3. The number of anilines is 1. The lowest BCUT2D eigenvalue weighted by molar-refractivity contribution is -0.113.